The third-order valence-electron chi connectivity index (χ3n) is 3.46. The van der Waals surface area contributed by atoms with Crippen molar-refractivity contribution >= 4 is 16.9 Å². The molecule has 0 unspecified atom stereocenters. The van der Waals surface area contributed by atoms with E-state index in [0.717, 1.165) is 42.7 Å². The zero-order chi connectivity index (χ0) is 14.5. The highest BCUT2D eigenvalue weighted by atomic mass is 16.5. The summed E-state index contributed by atoms with van der Waals surface area (Å²) < 4.78 is 5.22. The van der Waals surface area contributed by atoms with Crippen molar-refractivity contribution in [3.63, 3.8) is 0 Å². The number of benzene rings is 1. The fourth-order valence-electron chi connectivity index (χ4n) is 2.36. The van der Waals surface area contributed by atoms with Crippen molar-refractivity contribution in [1.29, 1.82) is 0 Å². The van der Waals surface area contributed by atoms with Gasteiger partial charge in [-0.3, -0.25) is 0 Å². The summed E-state index contributed by atoms with van der Waals surface area (Å²) in [5, 5.41) is 8.30. The first-order valence-electron chi connectivity index (χ1n) is 7.25. The zero-order valence-electron chi connectivity index (χ0n) is 12.0. The number of nitrogens with zero attached hydrogens (tertiary/aromatic N) is 3. The van der Waals surface area contributed by atoms with Crippen LogP contribution in [0.5, 0.6) is 0 Å². The van der Waals surface area contributed by atoms with Gasteiger partial charge in [0.2, 0.25) is 0 Å². The quantitative estimate of drug-likeness (QED) is 0.703. The highest BCUT2D eigenvalue weighted by Crippen LogP contribution is 2.23. The SMILES string of the molecule is CCc1noc2ncnc(NCCCc3ccccc3)c12. The van der Waals surface area contributed by atoms with Gasteiger partial charge in [-0.25, -0.2) is 4.98 Å². The number of anilines is 1. The molecule has 0 fully saturated rings. The van der Waals surface area contributed by atoms with Crippen molar-refractivity contribution in [2.24, 2.45) is 0 Å². The maximum atomic E-state index is 5.22. The third kappa shape index (κ3) is 3.02. The normalized spacial score (nSPS) is 10.9. The van der Waals surface area contributed by atoms with Gasteiger partial charge in [0.1, 0.15) is 17.5 Å². The molecule has 1 N–H and O–H groups in total. The highest BCUT2D eigenvalue weighted by molar-refractivity contribution is 5.87. The van der Waals surface area contributed by atoms with Gasteiger partial charge in [0.05, 0.1) is 5.69 Å². The Balaban J connectivity index is 1.64. The van der Waals surface area contributed by atoms with Gasteiger partial charge in [-0.1, -0.05) is 42.4 Å². The van der Waals surface area contributed by atoms with Crippen LogP contribution < -0.4 is 5.32 Å². The lowest BCUT2D eigenvalue weighted by Crippen LogP contribution is -2.05. The molecule has 108 valence electrons. The van der Waals surface area contributed by atoms with Crippen molar-refractivity contribution in [2.45, 2.75) is 26.2 Å². The summed E-state index contributed by atoms with van der Waals surface area (Å²) in [5.74, 6) is 0.811. The fraction of sp³-hybridized carbons (Fsp3) is 0.312. The number of nitrogens with one attached hydrogen (secondary N) is 1. The van der Waals surface area contributed by atoms with Crippen molar-refractivity contribution in [1.82, 2.24) is 15.1 Å². The minimum absolute atomic E-state index is 0.549. The third-order valence-corrected chi connectivity index (χ3v) is 3.46. The summed E-state index contributed by atoms with van der Waals surface area (Å²) in [7, 11) is 0. The Morgan fingerprint density at radius 3 is 2.81 bits per heavy atom. The molecule has 21 heavy (non-hydrogen) atoms. The largest absolute Gasteiger partial charge is 0.369 e. The van der Waals surface area contributed by atoms with Crippen LogP contribution in [-0.4, -0.2) is 21.7 Å². The number of rotatable bonds is 6. The summed E-state index contributed by atoms with van der Waals surface area (Å²) in [4.78, 5) is 8.42. The van der Waals surface area contributed by atoms with Crippen molar-refractivity contribution in [2.75, 3.05) is 11.9 Å². The zero-order valence-corrected chi connectivity index (χ0v) is 12.0. The van der Waals surface area contributed by atoms with Crippen LogP contribution >= 0.6 is 0 Å². The lowest BCUT2D eigenvalue weighted by atomic mass is 10.1. The summed E-state index contributed by atoms with van der Waals surface area (Å²) in [6.45, 7) is 2.90. The van der Waals surface area contributed by atoms with Crippen LogP contribution in [0.2, 0.25) is 0 Å². The summed E-state index contributed by atoms with van der Waals surface area (Å²) in [5.41, 5.74) is 2.80. The molecular weight excluding hydrogens is 264 g/mol. The van der Waals surface area contributed by atoms with Gasteiger partial charge in [-0.15, -0.1) is 0 Å². The van der Waals surface area contributed by atoms with E-state index in [1.54, 1.807) is 0 Å². The molecule has 2 aromatic heterocycles. The molecule has 1 aromatic carbocycles. The molecule has 5 heteroatoms. The molecule has 3 rings (SSSR count). The number of hydrogen-bond donors (Lipinski definition) is 1. The van der Waals surface area contributed by atoms with Crippen LogP contribution in [0, 0.1) is 0 Å². The molecule has 3 aromatic rings. The molecule has 0 aliphatic rings. The van der Waals surface area contributed by atoms with Crippen LogP contribution in [0.1, 0.15) is 24.6 Å². The number of aryl methyl sites for hydroxylation is 2. The highest BCUT2D eigenvalue weighted by Gasteiger charge is 2.13. The Labute approximate surface area is 123 Å². The van der Waals surface area contributed by atoms with E-state index in [1.165, 1.54) is 11.9 Å². The minimum atomic E-state index is 0.549. The molecule has 0 saturated heterocycles. The maximum Gasteiger partial charge on any atom is 0.263 e. The van der Waals surface area contributed by atoms with E-state index in [0.29, 0.717) is 5.71 Å². The Kier molecular flexibility index (Phi) is 4.09. The molecule has 5 nitrogen and oxygen atoms in total. The van der Waals surface area contributed by atoms with Crippen LogP contribution in [0.25, 0.3) is 11.1 Å². The Hall–Kier alpha value is -2.43. The molecular formula is C16H18N4O. The Bertz CT molecular complexity index is 709. The van der Waals surface area contributed by atoms with Gasteiger partial charge < -0.3 is 9.84 Å². The predicted molar refractivity (Wildman–Crippen MR) is 82.2 cm³/mol. The fourth-order valence-corrected chi connectivity index (χ4v) is 2.36. The molecule has 0 spiro atoms. The van der Waals surface area contributed by atoms with Gasteiger partial charge >= 0.3 is 0 Å². The second-order valence-electron chi connectivity index (χ2n) is 4.90. The first-order valence-corrected chi connectivity index (χ1v) is 7.25. The average Bonchev–Trinajstić information content (AvgIpc) is 2.96. The number of fused-ring (bicyclic) bond motifs is 1. The van der Waals surface area contributed by atoms with E-state index in [2.05, 4.69) is 44.7 Å². The maximum absolute atomic E-state index is 5.22. The van der Waals surface area contributed by atoms with Gasteiger partial charge in [0.25, 0.3) is 5.71 Å². The van der Waals surface area contributed by atoms with Crippen LogP contribution in [-0.2, 0) is 12.8 Å². The second kappa shape index (κ2) is 6.35. The van der Waals surface area contributed by atoms with Crippen LogP contribution in [0.15, 0.2) is 41.2 Å². The Morgan fingerprint density at radius 1 is 1.14 bits per heavy atom. The lowest BCUT2D eigenvalue weighted by molar-refractivity contribution is 0.439. The van der Waals surface area contributed by atoms with Gasteiger partial charge in [0, 0.05) is 6.54 Å². The lowest BCUT2D eigenvalue weighted by Gasteiger charge is -2.06. The monoisotopic (exact) mass is 282 g/mol. The second-order valence-corrected chi connectivity index (χ2v) is 4.90. The van der Waals surface area contributed by atoms with E-state index in [-0.39, 0.29) is 0 Å². The van der Waals surface area contributed by atoms with E-state index in [4.69, 9.17) is 4.52 Å². The van der Waals surface area contributed by atoms with Gasteiger partial charge in [0.15, 0.2) is 0 Å². The molecule has 0 saturated carbocycles. The van der Waals surface area contributed by atoms with Crippen molar-refractivity contribution in [3.05, 3.63) is 47.9 Å². The van der Waals surface area contributed by atoms with E-state index in [1.807, 2.05) is 13.0 Å². The summed E-state index contributed by atoms with van der Waals surface area (Å²) in [6.07, 6.45) is 4.40. The molecule has 0 atom stereocenters. The number of aromatic nitrogens is 3. The van der Waals surface area contributed by atoms with Crippen LogP contribution in [0.3, 0.4) is 0 Å². The topological polar surface area (TPSA) is 63.8 Å². The molecule has 0 aliphatic carbocycles. The van der Waals surface area contributed by atoms with Gasteiger partial charge in [-0.2, -0.15) is 4.98 Å². The first kappa shape index (κ1) is 13.5. The molecule has 0 radical (unpaired) electrons. The average molecular weight is 282 g/mol. The molecule has 0 bridgehead atoms. The van der Waals surface area contributed by atoms with Crippen LogP contribution in [0.4, 0.5) is 5.82 Å². The Morgan fingerprint density at radius 2 is 2.00 bits per heavy atom. The van der Waals surface area contributed by atoms with Gasteiger partial charge in [-0.05, 0) is 24.8 Å². The molecule has 0 amide bonds. The predicted octanol–water partition coefficient (Wildman–Crippen LogP) is 3.22. The van der Waals surface area contributed by atoms with Crippen molar-refractivity contribution in [3.8, 4) is 0 Å². The standard InChI is InChI=1S/C16H18N4O/c1-2-13-14-15(18-11-19-16(14)21-20-13)17-10-6-9-12-7-4-3-5-8-12/h3-5,7-8,11H,2,6,9-10H2,1H3,(H,17,18,19). The number of hydrogen-bond acceptors (Lipinski definition) is 5. The molecule has 2 heterocycles. The smallest absolute Gasteiger partial charge is 0.263 e. The first-order chi connectivity index (χ1) is 10.4. The van der Waals surface area contributed by atoms with E-state index >= 15 is 0 Å². The minimum Gasteiger partial charge on any atom is -0.369 e. The summed E-state index contributed by atoms with van der Waals surface area (Å²) in [6, 6.07) is 10.5. The van der Waals surface area contributed by atoms with E-state index < -0.39 is 0 Å². The van der Waals surface area contributed by atoms with E-state index in [9.17, 15) is 0 Å². The molecule has 0 aliphatic heterocycles. The summed E-state index contributed by atoms with van der Waals surface area (Å²) >= 11 is 0. The van der Waals surface area contributed by atoms with Crippen molar-refractivity contribution < 1.29 is 4.52 Å².